The van der Waals surface area contributed by atoms with Crippen LogP contribution in [0.1, 0.15) is 25.8 Å². The molecule has 0 spiro atoms. The lowest BCUT2D eigenvalue weighted by molar-refractivity contribution is -0.132. The van der Waals surface area contributed by atoms with Gasteiger partial charge in [-0.2, -0.15) is 11.3 Å². The number of hydrogen-bond donors (Lipinski definition) is 1. The third-order valence-electron chi connectivity index (χ3n) is 2.92. The molecule has 1 aromatic rings. The number of hydrogen-bond acceptors (Lipinski definition) is 3. The lowest BCUT2D eigenvalue weighted by Crippen LogP contribution is -2.45. The number of carbonyl (C=O) groups is 1. The number of rotatable bonds is 5. The van der Waals surface area contributed by atoms with Crippen LogP contribution in [-0.4, -0.2) is 23.9 Å². The zero-order chi connectivity index (χ0) is 12.1. The van der Waals surface area contributed by atoms with E-state index in [1.165, 1.54) is 0 Å². The molecule has 0 fully saturated rings. The summed E-state index contributed by atoms with van der Waals surface area (Å²) in [6.45, 7) is 4.71. The van der Waals surface area contributed by atoms with Gasteiger partial charge in [-0.1, -0.05) is 20.3 Å². The zero-order valence-corrected chi connectivity index (χ0v) is 11.0. The average Bonchev–Trinajstić information content (AvgIpc) is 2.78. The first-order valence-corrected chi connectivity index (χ1v) is 6.52. The molecule has 1 aromatic heterocycles. The SMILES string of the molecule is CCC(C)[C@H](N)C(=O)N(C)Cc1ccsc1. The van der Waals surface area contributed by atoms with E-state index >= 15 is 0 Å². The summed E-state index contributed by atoms with van der Waals surface area (Å²) in [5.41, 5.74) is 7.08. The number of thiophene rings is 1. The van der Waals surface area contributed by atoms with Crippen molar-refractivity contribution in [2.45, 2.75) is 32.9 Å². The highest BCUT2D eigenvalue weighted by Crippen LogP contribution is 2.12. The molecule has 1 heterocycles. The second-order valence-corrected chi connectivity index (χ2v) is 5.02. The second-order valence-electron chi connectivity index (χ2n) is 4.24. The Morgan fingerprint density at radius 3 is 2.81 bits per heavy atom. The molecule has 0 aliphatic carbocycles. The summed E-state index contributed by atoms with van der Waals surface area (Å²) in [5, 5.41) is 4.07. The Hall–Kier alpha value is -0.870. The van der Waals surface area contributed by atoms with Crippen molar-refractivity contribution in [1.29, 1.82) is 0 Å². The highest BCUT2D eigenvalue weighted by atomic mass is 32.1. The fourth-order valence-corrected chi connectivity index (χ4v) is 2.15. The van der Waals surface area contributed by atoms with Crippen molar-refractivity contribution in [3.63, 3.8) is 0 Å². The molecule has 16 heavy (non-hydrogen) atoms. The van der Waals surface area contributed by atoms with Crippen LogP contribution >= 0.6 is 11.3 Å². The van der Waals surface area contributed by atoms with Crippen LogP contribution in [0.15, 0.2) is 16.8 Å². The molecule has 1 rings (SSSR count). The Labute approximate surface area is 101 Å². The quantitative estimate of drug-likeness (QED) is 0.856. The predicted molar refractivity (Wildman–Crippen MR) is 68.2 cm³/mol. The van der Waals surface area contributed by atoms with Gasteiger partial charge in [0, 0.05) is 13.6 Å². The minimum absolute atomic E-state index is 0.0283. The highest BCUT2D eigenvalue weighted by molar-refractivity contribution is 7.07. The molecule has 0 aromatic carbocycles. The predicted octanol–water partition coefficient (Wildman–Crippen LogP) is 2.08. The number of nitrogens with two attached hydrogens (primary N) is 1. The van der Waals surface area contributed by atoms with Gasteiger partial charge >= 0.3 is 0 Å². The molecular weight excluding hydrogens is 220 g/mol. The van der Waals surface area contributed by atoms with Crippen LogP contribution in [0.4, 0.5) is 0 Å². The van der Waals surface area contributed by atoms with Gasteiger partial charge in [-0.3, -0.25) is 4.79 Å². The number of likely N-dealkylation sites (N-methyl/N-ethyl adjacent to an activating group) is 1. The monoisotopic (exact) mass is 240 g/mol. The Balaban J connectivity index is 2.53. The first-order valence-electron chi connectivity index (χ1n) is 5.57. The maximum absolute atomic E-state index is 12.0. The molecule has 3 nitrogen and oxygen atoms in total. The number of nitrogens with zero attached hydrogens (tertiary/aromatic N) is 1. The average molecular weight is 240 g/mol. The maximum atomic E-state index is 12.0. The Morgan fingerprint density at radius 2 is 2.31 bits per heavy atom. The standard InChI is InChI=1S/C12H20N2OS/c1-4-9(2)11(13)12(15)14(3)7-10-5-6-16-8-10/h5-6,8-9,11H,4,7,13H2,1-3H3/t9?,11-/m0/s1. The third kappa shape index (κ3) is 3.32. The van der Waals surface area contributed by atoms with Crippen molar-refractivity contribution in [3.05, 3.63) is 22.4 Å². The molecule has 0 aliphatic heterocycles. The van der Waals surface area contributed by atoms with Crippen LogP contribution in [0, 0.1) is 5.92 Å². The van der Waals surface area contributed by atoms with E-state index in [0.717, 1.165) is 12.0 Å². The van der Waals surface area contributed by atoms with Crippen LogP contribution < -0.4 is 5.73 Å². The molecule has 4 heteroatoms. The van der Waals surface area contributed by atoms with Gasteiger partial charge < -0.3 is 10.6 Å². The summed E-state index contributed by atoms with van der Waals surface area (Å²) in [4.78, 5) is 13.7. The van der Waals surface area contributed by atoms with Crippen LogP contribution in [0.5, 0.6) is 0 Å². The van der Waals surface area contributed by atoms with E-state index < -0.39 is 0 Å². The molecule has 0 bridgehead atoms. The summed E-state index contributed by atoms with van der Waals surface area (Å²) in [7, 11) is 1.81. The van der Waals surface area contributed by atoms with Crippen LogP contribution in [0.3, 0.4) is 0 Å². The third-order valence-corrected chi connectivity index (χ3v) is 3.65. The van der Waals surface area contributed by atoms with Crippen molar-refractivity contribution in [3.8, 4) is 0 Å². The normalized spacial score (nSPS) is 14.5. The van der Waals surface area contributed by atoms with E-state index in [-0.39, 0.29) is 17.9 Å². The zero-order valence-electron chi connectivity index (χ0n) is 10.1. The molecule has 90 valence electrons. The van der Waals surface area contributed by atoms with Crippen molar-refractivity contribution >= 4 is 17.2 Å². The first kappa shape index (κ1) is 13.2. The summed E-state index contributed by atoms with van der Waals surface area (Å²) in [5.74, 6) is 0.262. The Kier molecular flexibility index (Phi) is 4.96. The smallest absolute Gasteiger partial charge is 0.239 e. The maximum Gasteiger partial charge on any atom is 0.239 e. The first-order chi connectivity index (χ1) is 7.56. The van der Waals surface area contributed by atoms with Crippen molar-refractivity contribution in [1.82, 2.24) is 4.90 Å². The van der Waals surface area contributed by atoms with E-state index in [0.29, 0.717) is 6.54 Å². The summed E-state index contributed by atoms with van der Waals surface area (Å²) >= 11 is 1.64. The van der Waals surface area contributed by atoms with Gasteiger partial charge in [0.25, 0.3) is 0 Å². The van der Waals surface area contributed by atoms with Crippen LogP contribution in [-0.2, 0) is 11.3 Å². The largest absolute Gasteiger partial charge is 0.340 e. The molecule has 0 saturated carbocycles. The van der Waals surface area contributed by atoms with Crippen molar-refractivity contribution < 1.29 is 4.79 Å². The molecular formula is C12H20N2OS. The Bertz CT molecular complexity index is 324. The minimum atomic E-state index is -0.381. The molecule has 0 saturated heterocycles. The van der Waals surface area contributed by atoms with Crippen LogP contribution in [0.25, 0.3) is 0 Å². The Morgan fingerprint density at radius 1 is 1.62 bits per heavy atom. The number of amides is 1. The summed E-state index contributed by atoms with van der Waals surface area (Å²) in [6.07, 6.45) is 0.930. The lowest BCUT2D eigenvalue weighted by atomic mass is 9.99. The van der Waals surface area contributed by atoms with Crippen molar-refractivity contribution in [2.24, 2.45) is 11.7 Å². The molecule has 0 aliphatic rings. The highest BCUT2D eigenvalue weighted by Gasteiger charge is 2.22. The van der Waals surface area contributed by atoms with Crippen molar-refractivity contribution in [2.75, 3.05) is 7.05 Å². The van der Waals surface area contributed by atoms with E-state index in [1.807, 2.05) is 25.4 Å². The molecule has 0 radical (unpaired) electrons. The van der Waals surface area contributed by atoms with E-state index in [9.17, 15) is 4.79 Å². The molecule has 1 amide bonds. The second kappa shape index (κ2) is 6.01. The van der Waals surface area contributed by atoms with Gasteiger partial charge in [0.1, 0.15) is 0 Å². The topological polar surface area (TPSA) is 46.3 Å². The fraction of sp³-hybridized carbons (Fsp3) is 0.583. The van der Waals surface area contributed by atoms with Gasteiger partial charge in [-0.05, 0) is 28.3 Å². The van der Waals surface area contributed by atoms with Crippen LogP contribution in [0.2, 0.25) is 0 Å². The minimum Gasteiger partial charge on any atom is -0.340 e. The molecule has 2 N–H and O–H groups in total. The van der Waals surface area contributed by atoms with Gasteiger partial charge in [0.05, 0.1) is 6.04 Å². The van der Waals surface area contributed by atoms with E-state index in [1.54, 1.807) is 16.2 Å². The number of carbonyl (C=O) groups excluding carboxylic acids is 1. The van der Waals surface area contributed by atoms with Gasteiger partial charge in [0.2, 0.25) is 5.91 Å². The lowest BCUT2D eigenvalue weighted by Gasteiger charge is -2.24. The van der Waals surface area contributed by atoms with E-state index in [4.69, 9.17) is 5.73 Å². The fourth-order valence-electron chi connectivity index (χ4n) is 1.49. The van der Waals surface area contributed by atoms with Gasteiger partial charge in [-0.25, -0.2) is 0 Å². The summed E-state index contributed by atoms with van der Waals surface area (Å²) in [6, 6.07) is 1.65. The van der Waals surface area contributed by atoms with Gasteiger partial charge in [0.15, 0.2) is 0 Å². The van der Waals surface area contributed by atoms with E-state index in [2.05, 4.69) is 12.3 Å². The molecule has 2 atom stereocenters. The molecule has 1 unspecified atom stereocenters. The summed E-state index contributed by atoms with van der Waals surface area (Å²) < 4.78 is 0. The van der Waals surface area contributed by atoms with Gasteiger partial charge in [-0.15, -0.1) is 0 Å².